The summed E-state index contributed by atoms with van der Waals surface area (Å²) in [6.45, 7) is 4.66. The Hall–Kier alpha value is -2.97. The number of nitrogens with one attached hydrogen (secondary N) is 1. The van der Waals surface area contributed by atoms with Crippen molar-refractivity contribution in [2.75, 3.05) is 43.5 Å². The third-order valence-electron chi connectivity index (χ3n) is 7.09. The van der Waals surface area contributed by atoms with Gasteiger partial charge >= 0.3 is 5.97 Å². The maximum atomic E-state index is 12.9. The Balaban J connectivity index is 1.30. The number of carbonyl (C=O) groups is 2. The van der Waals surface area contributed by atoms with Gasteiger partial charge in [-0.3, -0.25) is 9.69 Å². The minimum Gasteiger partial charge on any atom is -0.465 e. The van der Waals surface area contributed by atoms with Crippen molar-refractivity contribution in [1.29, 1.82) is 0 Å². The highest BCUT2D eigenvalue weighted by molar-refractivity contribution is 7.21. The first-order chi connectivity index (χ1) is 17.1. The van der Waals surface area contributed by atoms with Gasteiger partial charge in [-0.05, 0) is 37.1 Å². The lowest BCUT2D eigenvalue weighted by Gasteiger charge is -2.35. The van der Waals surface area contributed by atoms with Crippen molar-refractivity contribution in [2.45, 2.75) is 38.6 Å². The van der Waals surface area contributed by atoms with E-state index in [9.17, 15) is 9.59 Å². The Morgan fingerprint density at radius 2 is 1.77 bits per heavy atom. The number of esters is 1. The molecule has 5 rings (SSSR count). The zero-order chi connectivity index (χ0) is 24.2. The molecule has 1 amide bonds. The fourth-order valence-corrected chi connectivity index (χ4v) is 6.15. The number of ether oxygens (including phenoxy) is 1. The van der Waals surface area contributed by atoms with Gasteiger partial charge in [0.15, 0.2) is 0 Å². The number of aromatic nitrogens is 1. The highest BCUT2D eigenvalue weighted by atomic mass is 32.1. The second kappa shape index (κ2) is 10.7. The van der Waals surface area contributed by atoms with Crippen LogP contribution in [-0.4, -0.2) is 55.0 Å². The van der Waals surface area contributed by atoms with Crippen molar-refractivity contribution >= 4 is 44.8 Å². The van der Waals surface area contributed by atoms with E-state index in [1.807, 2.05) is 18.2 Å². The van der Waals surface area contributed by atoms with Crippen LogP contribution in [0.25, 0.3) is 10.2 Å². The second-order valence-corrected chi connectivity index (χ2v) is 10.4. The lowest BCUT2D eigenvalue weighted by molar-refractivity contribution is -0.120. The minimum absolute atomic E-state index is 0.00471. The fraction of sp³-hybridized carbons (Fsp3) is 0.444. The lowest BCUT2D eigenvalue weighted by Crippen LogP contribution is -2.46. The van der Waals surface area contributed by atoms with E-state index in [-0.39, 0.29) is 11.8 Å². The van der Waals surface area contributed by atoms with Crippen LogP contribution in [0.15, 0.2) is 42.5 Å². The van der Waals surface area contributed by atoms with E-state index in [4.69, 9.17) is 9.72 Å². The van der Waals surface area contributed by atoms with E-state index in [0.717, 1.165) is 74.3 Å². The predicted molar refractivity (Wildman–Crippen MR) is 140 cm³/mol. The molecule has 1 saturated carbocycles. The number of para-hydroxylation sites is 1. The third-order valence-corrected chi connectivity index (χ3v) is 8.17. The van der Waals surface area contributed by atoms with Gasteiger partial charge < -0.3 is 15.0 Å². The van der Waals surface area contributed by atoms with Gasteiger partial charge in [0.2, 0.25) is 5.91 Å². The van der Waals surface area contributed by atoms with Crippen molar-refractivity contribution in [2.24, 2.45) is 5.92 Å². The number of rotatable bonds is 6. The van der Waals surface area contributed by atoms with E-state index in [2.05, 4.69) is 39.4 Å². The zero-order valence-corrected chi connectivity index (χ0v) is 21.0. The Labute approximate surface area is 210 Å². The van der Waals surface area contributed by atoms with Crippen LogP contribution in [0.3, 0.4) is 0 Å². The van der Waals surface area contributed by atoms with Gasteiger partial charge in [0, 0.05) is 49.7 Å². The summed E-state index contributed by atoms with van der Waals surface area (Å²) < 4.78 is 5.01. The normalized spacial score (nSPS) is 17.5. The number of piperazine rings is 1. The Morgan fingerprint density at radius 1 is 1.03 bits per heavy atom. The summed E-state index contributed by atoms with van der Waals surface area (Å²) >= 11 is 1.29. The highest BCUT2D eigenvalue weighted by Gasteiger charge is 2.26. The average molecular weight is 493 g/mol. The molecule has 0 spiro atoms. The molecular formula is C27H32N4O3S. The van der Waals surface area contributed by atoms with Gasteiger partial charge in [-0.15, -0.1) is 11.3 Å². The van der Waals surface area contributed by atoms with Crippen LogP contribution >= 0.6 is 11.3 Å². The van der Waals surface area contributed by atoms with Gasteiger partial charge in [-0.1, -0.05) is 37.5 Å². The smallest absolute Gasteiger partial charge is 0.350 e. The van der Waals surface area contributed by atoms with Gasteiger partial charge in [0.05, 0.1) is 18.5 Å². The number of anilines is 2. The Morgan fingerprint density at radius 3 is 2.49 bits per heavy atom. The molecule has 0 bridgehead atoms. The van der Waals surface area contributed by atoms with Gasteiger partial charge in [0.1, 0.15) is 9.71 Å². The minimum atomic E-state index is -0.439. The van der Waals surface area contributed by atoms with E-state index in [0.29, 0.717) is 10.6 Å². The van der Waals surface area contributed by atoms with E-state index in [1.165, 1.54) is 30.6 Å². The first-order valence-corrected chi connectivity index (χ1v) is 13.3. The number of hydrogen-bond donors (Lipinski definition) is 1. The number of nitrogens with zero attached hydrogens (tertiary/aromatic N) is 3. The number of carbonyl (C=O) groups excluding carboxylic acids is 2. The summed E-state index contributed by atoms with van der Waals surface area (Å²) in [5, 5.41) is 3.86. The molecule has 0 atom stereocenters. The molecule has 8 heteroatoms. The number of fused-ring (bicyclic) bond motifs is 1. The molecular weight excluding hydrogens is 460 g/mol. The SMILES string of the molecule is COC(=O)c1sc2nc(CN3CCN(c4ccccc4)CC3)ccc2c1NC(=O)C1CCCCC1. The van der Waals surface area contributed by atoms with Crippen LogP contribution in [0.4, 0.5) is 11.4 Å². The van der Waals surface area contributed by atoms with E-state index >= 15 is 0 Å². The zero-order valence-electron chi connectivity index (χ0n) is 20.2. The molecule has 7 nitrogen and oxygen atoms in total. The number of amides is 1. The summed E-state index contributed by atoms with van der Waals surface area (Å²) in [5.74, 6) is -0.438. The van der Waals surface area contributed by atoms with E-state index < -0.39 is 5.97 Å². The molecule has 1 aromatic carbocycles. The lowest BCUT2D eigenvalue weighted by atomic mass is 9.88. The summed E-state index contributed by atoms with van der Waals surface area (Å²) in [6, 6.07) is 14.5. The summed E-state index contributed by atoms with van der Waals surface area (Å²) in [4.78, 5) is 36.3. The number of pyridine rings is 1. The molecule has 1 saturated heterocycles. The molecule has 2 aliphatic rings. The quantitative estimate of drug-likeness (QED) is 0.492. The van der Waals surface area contributed by atoms with Crippen LogP contribution in [-0.2, 0) is 16.1 Å². The van der Waals surface area contributed by atoms with Crippen molar-refractivity contribution in [1.82, 2.24) is 9.88 Å². The molecule has 0 unspecified atom stereocenters. The molecule has 2 aromatic heterocycles. The number of thiophene rings is 1. The van der Waals surface area contributed by atoms with Crippen LogP contribution < -0.4 is 10.2 Å². The van der Waals surface area contributed by atoms with Crippen molar-refractivity contribution in [3.8, 4) is 0 Å². The Bertz CT molecular complexity index is 1180. The molecule has 3 aromatic rings. The largest absolute Gasteiger partial charge is 0.465 e. The fourth-order valence-electron chi connectivity index (χ4n) is 5.09. The van der Waals surface area contributed by atoms with Gasteiger partial charge in [-0.2, -0.15) is 0 Å². The summed E-state index contributed by atoms with van der Waals surface area (Å²) in [6.07, 6.45) is 5.16. The van der Waals surface area contributed by atoms with Gasteiger partial charge in [0.25, 0.3) is 0 Å². The van der Waals surface area contributed by atoms with Crippen LogP contribution in [0.2, 0.25) is 0 Å². The second-order valence-electron chi connectivity index (χ2n) is 9.38. The monoisotopic (exact) mass is 492 g/mol. The summed E-state index contributed by atoms with van der Waals surface area (Å²) in [7, 11) is 1.37. The molecule has 1 aliphatic heterocycles. The standard InChI is InChI=1S/C27H32N4O3S/c1-34-27(33)24-23(29-25(32)19-8-4-2-5-9-19)22-13-12-20(28-26(22)35-24)18-30-14-16-31(17-15-30)21-10-6-3-7-11-21/h3,6-7,10-13,19H,2,4-5,8-9,14-18H2,1H3,(H,29,32). The molecule has 2 fully saturated rings. The van der Waals surface area contributed by atoms with Gasteiger partial charge in [-0.25, -0.2) is 9.78 Å². The Kier molecular flexibility index (Phi) is 7.29. The first-order valence-electron chi connectivity index (χ1n) is 12.5. The first kappa shape index (κ1) is 23.8. The van der Waals surface area contributed by atoms with Crippen LogP contribution in [0.5, 0.6) is 0 Å². The molecule has 1 N–H and O–H groups in total. The molecule has 1 aliphatic carbocycles. The molecule has 184 valence electrons. The molecule has 0 radical (unpaired) electrons. The maximum Gasteiger partial charge on any atom is 0.350 e. The maximum absolute atomic E-state index is 12.9. The summed E-state index contributed by atoms with van der Waals surface area (Å²) in [5.41, 5.74) is 2.78. The molecule has 3 heterocycles. The average Bonchev–Trinajstić information content (AvgIpc) is 3.27. The van der Waals surface area contributed by atoms with Crippen molar-refractivity contribution < 1.29 is 14.3 Å². The van der Waals surface area contributed by atoms with Crippen LogP contribution in [0.1, 0.15) is 47.5 Å². The predicted octanol–water partition coefficient (Wildman–Crippen LogP) is 4.92. The van der Waals surface area contributed by atoms with Crippen LogP contribution in [0, 0.1) is 5.92 Å². The van der Waals surface area contributed by atoms with Crippen molar-refractivity contribution in [3.63, 3.8) is 0 Å². The van der Waals surface area contributed by atoms with Crippen molar-refractivity contribution in [3.05, 3.63) is 53.0 Å². The number of benzene rings is 1. The topological polar surface area (TPSA) is 74.8 Å². The number of hydrogen-bond acceptors (Lipinski definition) is 7. The molecule has 35 heavy (non-hydrogen) atoms. The van der Waals surface area contributed by atoms with E-state index in [1.54, 1.807) is 0 Å². The highest BCUT2D eigenvalue weighted by Crippen LogP contribution is 2.37. The third kappa shape index (κ3) is 5.33. The number of methoxy groups -OCH3 is 1.